The highest BCUT2D eigenvalue weighted by Gasteiger charge is 2.68. The summed E-state index contributed by atoms with van der Waals surface area (Å²) in [7, 11) is 0.938. The number of hydrogen-bond acceptors (Lipinski definition) is 6. The zero-order chi connectivity index (χ0) is 20.4. The highest BCUT2D eigenvalue weighted by Crippen LogP contribution is 2.49. The molecule has 1 N–H and O–H groups in total. The van der Waals surface area contributed by atoms with Crippen LogP contribution in [0.25, 0.3) is 0 Å². The van der Waals surface area contributed by atoms with Gasteiger partial charge in [-0.2, -0.15) is 13.2 Å². The second kappa shape index (κ2) is 7.77. The predicted octanol–water partition coefficient (Wildman–Crippen LogP) is 2.94. The van der Waals surface area contributed by atoms with Crippen LogP contribution in [0.5, 0.6) is 0 Å². The summed E-state index contributed by atoms with van der Waals surface area (Å²) >= 11 is 5.79. The van der Waals surface area contributed by atoms with E-state index in [-0.39, 0.29) is 12.2 Å². The topological polar surface area (TPSA) is 82.1 Å². The maximum atomic E-state index is 13.7. The average molecular weight is 409 g/mol. The Kier molecular flexibility index (Phi) is 6.06. The molecule has 1 aromatic rings. The Bertz CT molecular complexity index is 746. The van der Waals surface area contributed by atoms with Gasteiger partial charge in [0.25, 0.3) is 0 Å². The Hall–Kier alpha value is -2.26. The SMILES string of the molecule is CCOC(=O)[C@H]1[C@H](c2ccc(Cl)cc2)C=C(C(=O)OC)O[C@]1(O)C(F)(F)F. The van der Waals surface area contributed by atoms with Gasteiger partial charge in [0.2, 0.25) is 5.76 Å². The van der Waals surface area contributed by atoms with Crippen LogP contribution in [-0.2, 0) is 23.8 Å². The van der Waals surface area contributed by atoms with Crippen molar-refractivity contribution in [1.82, 2.24) is 0 Å². The van der Waals surface area contributed by atoms with Gasteiger partial charge in [0.05, 0.1) is 13.7 Å². The molecule has 2 rings (SSSR count). The molecular formula is C17H16ClF3O6. The van der Waals surface area contributed by atoms with Crippen molar-refractivity contribution >= 4 is 23.5 Å². The van der Waals surface area contributed by atoms with Crippen LogP contribution in [0.4, 0.5) is 13.2 Å². The molecule has 0 unspecified atom stereocenters. The van der Waals surface area contributed by atoms with Gasteiger partial charge in [-0.25, -0.2) is 4.79 Å². The van der Waals surface area contributed by atoms with Gasteiger partial charge < -0.3 is 19.3 Å². The Morgan fingerprint density at radius 1 is 1.30 bits per heavy atom. The van der Waals surface area contributed by atoms with Gasteiger partial charge in [-0.1, -0.05) is 23.7 Å². The third kappa shape index (κ3) is 4.03. The first-order valence-corrected chi connectivity index (χ1v) is 8.13. The highest BCUT2D eigenvalue weighted by molar-refractivity contribution is 6.30. The summed E-state index contributed by atoms with van der Waals surface area (Å²) in [6.07, 6.45) is -4.43. The number of methoxy groups -OCH3 is 1. The third-order valence-corrected chi connectivity index (χ3v) is 4.22. The van der Waals surface area contributed by atoms with Crippen molar-refractivity contribution in [2.24, 2.45) is 5.92 Å². The van der Waals surface area contributed by atoms with Gasteiger partial charge in [0.15, 0.2) is 0 Å². The molecule has 0 spiro atoms. The second-order valence-corrected chi connectivity index (χ2v) is 6.06. The summed E-state index contributed by atoms with van der Waals surface area (Å²) in [5, 5.41) is 10.7. The molecule has 6 nitrogen and oxygen atoms in total. The largest absolute Gasteiger partial charge is 0.466 e. The molecule has 1 aromatic carbocycles. The average Bonchev–Trinajstić information content (AvgIpc) is 2.60. The number of halogens is 4. The van der Waals surface area contributed by atoms with Crippen molar-refractivity contribution in [1.29, 1.82) is 0 Å². The number of rotatable bonds is 4. The Morgan fingerprint density at radius 2 is 1.89 bits per heavy atom. The molecule has 0 aromatic heterocycles. The minimum Gasteiger partial charge on any atom is -0.466 e. The number of esters is 2. The Labute approximate surface area is 157 Å². The fraction of sp³-hybridized carbons (Fsp3) is 0.412. The fourth-order valence-corrected chi connectivity index (χ4v) is 2.85. The maximum absolute atomic E-state index is 13.7. The molecule has 148 valence electrons. The van der Waals surface area contributed by atoms with Crippen LogP contribution >= 0.6 is 11.6 Å². The second-order valence-electron chi connectivity index (χ2n) is 5.63. The van der Waals surface area contributed by atoms with E-state index < -0.39 is 41.5 Å². The van der Waals surface area contributed by atoms with Crippen molar-refractivity contribution in [3.8, 4) is 0 Å². The first-order chi connectivity index (χ1) is 12.5. The lowest BCUT2D eigenvalue weighted by molar-refractivity contribution is -0.375. The Morgan fingerprint density at radius 3 is 2.37 bits per heavy atom. The number of benzene rings is 1. The van der Waals surface area contributed by atoms with E-state index in [1.165, 1.54) is 31.2 Å². The van der Waals surface area contributed by atoms with Crippen LogP contribution < -0.4 is 0 Å². The third-order valence-electron chi connectivity index (χ3n) is 3.97. The summed E-state index contributed by atoms with van der Waals surface area (Å²) in [5.41, 5.74) is 0.185. The molecule has 1 aliphatic heterocycles. The van der Waals surface area contributed by atoms with Gasteiger partial charge in [-0.05, 0) is 30.7 Å². The van der Waals surface area contributed by atoms with Gasteiger partial charge >= 0.3 is 23.9 Å². The highest BCUT2D eigenvalue weighted by atomic mass is 35.5. The summed E-state index contributed by atoms with van der Waals surface area (Å²) in [5.74, 6) is -11.1. The van der Waals surface area contributed by atoms with E-state index in [2.05, 4.69) is 9.47 Å². The number of ether oxygens (including phenoxy) is 3. The van der Waals surface area contributed by atoms with E-state index in [4.69, 9.17) is 16.3 Å². The zero-order valence-electron chi connectivity index (χ0n) is 14.2. The van der Waals surface area contributed by atoms with Gasteiger partial charge in [0, 0.05) is 10.9 Å². The summed E-state index contributed by atoms with van der Waals surface area (Å²) in [4.78, 5) is 24.1. The summed E-state index contributed by atoms with van der Waals surface area (Å²) < 4.78 is 54.7. The van der Waals surface area contributed by atoms with Gasteiger partial charge in [0.1, 0.15) is 5.92 Å². The van der Waals surface area contributed by atoms with Gasteiger partial charge in [-0.3, -0.25) is 4.79 Å². The number of allylic oxidation sites excluding steroid dienone is 1. The molecular weight excluding hydrogens is 393 g/mol. The minimum atomic E-state index is -5.41. The van der Waals surface area contributed by atoms with E-state index in [0.29, 0.717) is 5.02 Å². The van der Waals surface area contributed by atoms with E-state index in [1.807, 2.05) is 0 Å². The Balaban J connectivity index is 2.69. The first kappa shape index (κ1) is 21.0. The molecule has 1 aliphatic rings. The van der Waals surface area contributed by atoms with Crippen molar-refractivity contribution in [3.05, 3.63) is 46.7 Å². The molecule has 0 amide bonds. The van der Waals surface area contributed by atoms with E-state index in [0.717, 1.165) is 13.2 Å². The molecule has 0 fully saturated rings. The summed E-state index contributed by atoms with van der Waals surface area (Å²) in [6.45, 7) is 1.19. The minimum absolute atomic E-state index is 0.185. The quantitative estimate of drug-likeness (QED) is 0.771. The number of carbonyl (C=O) groups excluding carboxylic acids is 2. The molecule has 0 radical (unpaired) electrons. The van der Waals surface area contributed by atoms with E-state index >= 15 is 0 Å². The number of hydrogen-bond donors (Lipinski definition) is 1. The zero-order valence-corrected chi connectivity index (χ0v) is 15.0. The number of alkyl halides is 3. The molecule has 3 atom stereocenters. The van der Waals surface area contributed by atoms with E-state index in [1.54, 1.807) is 0 Å². The standard InChI is InChI=1S/C17H16ClF3O6/c1-3-26-15(23)13-11(9-4-6-10(18)7-5-9)8-12(14(22)25-2)27-16(13,24)17(19,20)21/h4-8,11,13,24H,3H2,1-2H3/t11-,13+,16-/m0/s1. The van der Waals surface area contributed by atoms with Gasteiger partial charge in [-0.15, -0.1) is 0 Å². The van der Waals surface area contributed by atoms with Crippen LogP contribution in [0.15, 0.2) is 36.1 Å². The maximum Gasteiger partial charge on any atom is 0.456 e. The molecule has 27 heavy (non-hydrogen) atoms. The van der Waals surface area contributed by atoms with Crippen LogP contribution in [0.1, 0.15) is 18.4 Å². The van der Waals surface area contributed by atoms with E-state index in [9.17, 15) is 27.9 Å². The number of aliphatic hydroxyl groups is 1. The first-order valence-electron chi connectivity index (χ1n) is 7.75. The lowest BCUT2D eigenvalue weighted by Gasteiger charge is -2.42. The van der Waals surface area contributed by atoms with Crippen LogP contribution in [0.2, 0.25) is 5.02 Å². The molecule has 0 bridgehead atoms. The molecule has 0 aliphatic carbocycles. The lowest BCUT2D eigenvalue weighted by Crippen LogP contribution is -2.59. The normalized spacial score (nSPS) is 25.2. The van der Waals surface area contributed by atoms with Crippen molar-refractivity contribution in [2.45, 2.75) is 24.8 Å². The molecule has 0 saturated carbocycles. The lowest BCUT2D eigenvalue weighted by atomic mass is 9.78. The molecule has 0 saturated heterocycles. The number of carbonyl (C=O) groups is 2. The predicted molar refractivity (Wildman–Crippen MR) is 86.5 cm³/mol. The molecule has 10 heteroatoms. The fourth-order valence-electron chi connectivity index (χ4n) is 2.72. The van der Waals surface area contributed by atoms with Crippen LogP contribution in [0.3, 0.4) is 0 Å². The summed E-state index contributed by atoms with van der Waals surface area (Å²) in [6, 6.07) is 5.53. The van der Waals surface area contributed by atoms with Crippen molar-refractivity contribution < 1.29 is 42.1 Å². The monoisotopic (exact) mass is 408 g/mol. The van der Waals surface area contributed by atoms with Crippen LogP contribution in [0, 0.1) is 5.92 Å². The van der Waals surface area contributed by atoms with Crippen LogP contribution in [-0.4, -0.2) is 42.7 Å². The van der Waals surface area contributed by atoms with Crippen molar-refractivity contribution in [2.75, 3.05) is 13.7 Å². The molecule has 1 heterocycles. The van der Waals surface area contributed by atoms with Crippen molar-refractivity contribution in [3.63, 3.8) is 0 Å². The smallest absolute Gasteiger partial charge is 0.456 e.